The number of benzene rings is 2. The highest BCUT2D eigenvalue weighted by molar-refractivity contribution is 6.31. The molecule has 0 fully saturated rings. The number of ether oxygens (including phenoxy) is 1. The first kappa shape index (κ1) is 13.0. The number of halogens is 1. The molecule has 2 N–H and O–H groups in total. The van der Waals surface area contributed by atoms with Gasteiger partial charge in [-0.05, 0) is 42.7 Å². The molecule has 1 aliphatic rings. The maximum Gasteiger partial charge on any atom is 0.196 e. The predicted molar refractivity (Wildman–Crippen MR) is 79.6 cm³/mol. The zero-order valence-electron chi connectivity index (χ0n) is 10.9. The van der Waals surface area contributed by atoms with E-state index in [9.17, 15) is 4.79 Å². The Balaban J connectivity index is 2.06. The van der Waals surface area contributed by atoms with E-state index >= 15 is 0 Å². The summed E-state index contributed by atoms with van der Waals surface area (Å²) in [5.41, 5.74) is 8.36. The fourth-order valence-corrected chi connectivity index (χ4v) is 2.71. The van der Waals surface area contributed by atoms with Gasteiger partial charge in [-0.25, -0.2) is 0 Å². The SMILES string of the molecule is Nc1cc(Cl)cc(C(=O)c2cccc3c2OCCC3)c1. The molecule has 2 aromatic carbocycles. The summed E-state index contributed by atoms with van der Waals surface area (Å²) in [6.45, 7) is 0.648. The largest absolute Gasteiger partial charge is 0.493 e. The summed E-state index contributed by atoms with van der Waals surface area (Å²) in [5, 5.41) is 0.457. The summed E-state index contributed by atoms with van der Waals surface area (Å²) >= 11 is 5.96. The molecule has 0 spiro atoms. The molecule has 0 saturated heterocycles. The lowest BCUT2D eigenvalue weighted by Crippen LogP contribution is -2.13. The van der Waals surface area contributed by atoms with Gasteiger partial charge in [0.2, 0.25) is 0 Å². The van der Waals surface area contributed by atoms with Crippen LogP contribution in [0.5, 0.6) is 5.75 Å². The molecule has 1 aliphatic heterocycles. The van der Waals surface area contributed by atoms with Crippen LogP contribution < -0.4 is 10.5 Å². The summed E-state index contributed by atoms with van der Waals surface area (Å²) in [6.07, 6.45) is 1.92. The number of aryl methyl sites for hydroxylation is 1. The highest BCUT2D eigenvalue weighted by Crippen LogP contribution is 2.31. The Kier molecular flexibility index (Phi) is 3.36. The summed E-state index contributed by atoms with van der Waals surface area (Å²) in [5.74, 6) is 0.584. The van der Waals surface area contributed by atoms with Crippen LogP contribution in [-0.2, 0) is 6.42 Å². The Hall–Kier alpha value is -2.00. The van der Waals surface area contributed by atoms with E-state index in [2.05, 4.69) is 0 Å². The minimum Gasteiger partial charge on any atom is -0.493 e. The van der Waals surface area contributed by atoms with Gasteiger partial charge in [-0.3, -0.25) is 4.79 Å². The first-order valence-corrected chi connectivity index (χ1v) is 6.88. The van der Waals surface area contributed by atoms with Gasteiger partial charge in [0, 0.05) is 16.3 Å². The molecule has 0 bridgehead atoms. The third-order valence-corrected chi connectivity index (χ3v) is 3.58. The Labute approximate surface area is 122 Å². The van der Waals surface area contributed by atoms with Gasteiger partial charge in [-0.15, -0.1) is 0 Å². The van der Waals surface area contributed by atoms with Crippen molar-refractivity contribution < 1.29 is 9.53 Å². The van der Waals surface area contributed by atoms with E-state index < -0.39 is 0 Å². The second-order valence-corrected chi connectivity index (χ2v) is 5.28. The minimum atomic E-state index is -0.113. The van der Waals surface area contributed by atoms with Crippen molar-refractivity contribution in [3.05, 3.63) is 58.1 Å². The zero-order chi connectivity index (χ0) is 14.1. The molecule has 3 rings (SSSR count). The second kappa shape index (κ2) is 5.17. The van der Waals surface area contributed by atoms with Gasteiger partial charge in [-0.2, -0.15) is 0 Å². The van der Waals surface area contributed by atoms with Crippen molar-refractivity contribution >= 4 is 23.1 Å². The van der Waals surface area contributed by atoms with Crippen molar-refractivity contribution in [1.29, 1.82) is 0 Å². The molecule has 0 amide bonds. The second-order valence-electron chi connectivity index (χ2n) is 4.85. The lowest BCUT2D eigenvalue weighted by molar-refractivity contribution is 0.103. The first-order chi connectivity index (χ1) is 9.65. The van der Waals surface area contributed by atoms with Crippen molar-refractivity contribution in [3.63, 3.8) is 0 Å². The molecule has 1 heterocycles. The van der Waals surface area contributed by atoms with E-state index in [0.29, 0.717) is 34.2 Å². The normalized spacial score (nSPS) is 13.4. The van der Waals surface area contributed by atoms with Gasteiger partial charge in [0.1, 0.15) is 5.75 Å². The fraction of sp³-hybridized carbons (Fsp3) is 0.188. The highest BCUT2D eigenvalue weighted by atomic mass is 35.5. The number of para-hydroxylation sites is 1. The van der Waals surface area contributed by atoms with Crippen molar-refractivity contribution in [3.8, 4) is 5.75 Å². The number of hydrogen-bond donors (Lipinski definition) is 1. The Morgan fingerprint density at radius 3 is 2.90 bits per heavy atom. The molecule has 0 unspecified atom stereocenters. The number of fused-ring (bicyclic) bond motifs is 1. The summed E-state index contributed by atoms with van der Waals surface area (Å²) < 4.78 is 5.67. The molecular weight excluding hydrogens is 274 g/mol. The lowest BCUT2D eigenvalue weighted by atomic mass is 9.96. The van der Waals surface area contributed by atoms with Crippen LogP contribution >= 0.6 is 11.6 Å². The van der Waals surface area contributed by atoms with Crippen LogP contribution in [0, 0.1) is 0 Å². The highest BCUT2D eigenvalue weighted by Gasteiger charge is 2.20. The molecule has 0 atom stereocenters. The number of anilines is 1. The van der Waals surface area contributed by atoms with E-state index in [-0.39, 0.29) is 5.78 Å². The maximum atomic E-state index is 12.6. The molecule has 20 heavy (non-hydrogen) atoms. The first-order valence-electron chi connectivity index (χ1n) is 6.50. The van der Waals surface area contributed by atoms with Crippen molar-refractivity contribution in [2.75, 3.05) is 12.3 Å². The van der Waals surface area contributed by atoms with E-state index in [1.54, 1.807) is 24.3 Å². The van der Waals surface area contributed by atoms with Crippen LogP contribution in [0.4, 0.5) is 5.69 Å². The van der Waals surface area contributed by atoms with Crippen molar-refractivity contribution in [1.82, 2.24) is 0 Å². The van der Waals surface area contributed by atoms with E-state index in [0.717, 1.165) is 18.4 Å². The number of nitrogens with two attached hydrogens (primary N) is 1. The molecule has 102 valence electrons. The predicted octanol–water partition coefficient (Wildman–Crippen LogP) is 3.48. The Morgan fingerprint density at radius 1 is 1.25 bits per heavy atom. The smallest absolute Gasteiger partial charge is 0.196 e. The van der Waals surface area contributed by atoms with Crippen LogP contribution in [0.15, 0.2) is 36.4 Å². The van der Waals surface area contributed by atoms with E-state index in [1.165, 1.54) is 0 Å². The summed E-state index contributed by atoms with van der Waals surface area (Å²) in [4.78, 5) is 12.6. The number of carbonyl (C=O) groups excluding carboxylic acids is 1. The van der Waals surface area contributed by atoms with Crippen LogP contribution in [0.3, 0.4) is 0 Å². The quantitative estimate of drug-likeness (QED) is 0.679. The summed E-state index contributed by atoms with van der Waals surface area (Å²) in [7, 11) is 0. The van der Waals surface area contributed by atoms with Crippen molar-refractivity contribution in [2.24, 2.45) is 0 Å². The van der Waals surface area contributed by atoms with Crippen LogP contribution in [0.2, 0.25) is 5.02 Å². The van der Waals surface area contributed by atoms with Crippen molar-refractivity contribution in [2.45, 2.75) is 12.8 Å². The monoisotopic (exact) mass is 287 g/mol. The molecule has 0 radical (unpaired) electrons. The number of nitrogen functional groups attached to an aromatic ring is 1. The van der Waals surface area contributed by atoms with Gasteiger partial charge in [-0.1, -0.05) is 23.7 Å². The van der Waals surface area contributed by atoms with Crippen LogP contribution in [0.25, 0.3) is 0 Å². The number of ketones is 1. The maximum absolute atomic E-state index is 12.6. The van der Waals surface area contributed by atoms with Crippen LogP contribution in [0.1, 0.15) is 27.9 Å². The fourth-order valence-electron chi connectivity index (χ4n) is 2.47. The molecule has 0 aromatic heterocycles. The molecule has 4 heteroatoms. The van der Waals surface area contributed by atoms with Gasteiger partial charge < -0.3 is 10.5 Å². The Bertz CT molecular complexity index is 662. The number of carbonyl (C=O) groups is 1. The zero-order valence-corrected chi connectivity index (χ0v) is 11.6. The standard InChI is InChI=1S/C16H14ClNO2/c17-12-7-11(8-13(18)9-12)15(19)14-5-1-3-10-4-2-6-20-16(10)14/h1,3,5,7-9H,2,4,6,18H2. The van der Waals surface area contributed by atoms with Gasteiger partial charge >= 0.3 is 0 Å². The third-order valence-electron chi connectivity index (χ3n) is 3.36. The van der Waals surface area contributed by atoms with Gasteiger partial charge in [0.25, 0.3) is 0 Å². The topological polar surface area (TPSA) is 52.3 Å². The molecule has 0 saturated carbocycles. The number of hydrogen-bond acceptors (Lipinski definition) is 3. The molecular formula is C16H14ClNO2. The average molecular weight is 288 g/mol. The molecule has 3 nitrogen and oxygen atoms in total. The third kappa shape index (κ3) is 2.37. The minimum absolute atomic E-state index is 0.113. The van der Waals surface area contributed by atoms with E-state index in [1.807, 2.05) is 12.1 Å². The van der Waals surface area contributed by atoms with Gasteiger partial charge in [0.15, 0.2) is 5.78 Å². The lowest BCUT2D eigenvalue weighted by Gasteiger charge is -2.19. The average Bonchev–Trinajstić information content (AvgIpc) is 2.45. The Morgan fingerprint density at radius 2 is 2.10 bits per heavy atom. The molecule has 0 aliphatic carbocycles. The summed E-state index contributed by atoms with van der Waals surface area (Å²) in [6, 6.07) is 10.5. The number of rotatable bonds is 2. The van der Waals surface area contributed by atoms with Gasteiger partial charge in [0.05, 0.1) is 12.2 Å². The molecule has 2 aromatic rings. The van der Waals surface area contributed by atoms with E-state index in [4.69, 9.17) is 22.1 Å². The van der Waals surface area contributed by atoms with Crippen LogP contribution in [-0.4, -0.2) is 12.4 Å².